The molecule has 2 aromatic carbocycles. The molecule has 29 heavy (non-hydrogen) atoms. The van der Waals surface area contributed by atoms with Crippen LogP contribution in [0.15, 0.2) is 36.4 Å². The van der Waals surface area contributed by atoms with Crippen molar-refractivity contribution in [2.24, 2.45) is 0 Å². The molecule has 2 aliphatic rings. The number of amides is 1. The predicted octanol–water partition coefficient (Wildman–Crippen LogP) is 4.01. The maximum Gasteiger partial charge on any atom is 0.231 e. The Kier molecular flexibility index (Phi) is 5.92. The first-order valence-corrected chi connectivity index (χ1v) is 10.2. The molecule has 0 bridgehead atoms. The third kappa shape index (κ3) is 4.19. The summed E-state index contributed by atoms with van der Waals surface area (Å²) in [4.78, 5) is 13.3. The zero-order valence-electron chi connectivity index (χ0n) is 16.0. The number of fused-ring (bicyclic) bond motifs is 1. The second-order valence-electron chi connectivity index (χ2n) is 7.34. The molecule has 2 aliphatic heterocycles. The van der Waals surface area contributed by atoms with Crippen molar-refractivity contribution in [3.8, 4) is 11.5 Å². The third-order valence-corrected chi connectivity index (χ3v) is 5.75. The summed E-state index contributed by atoms with van der Waals surface area (Å²) in [5.41, 5.74) is 0.680. The van der Waals surface area contributed by atoms with Gasteiger partial charge in [-0.25, -0.2) is 4.39 Å². The Hall–Kier alpha value is -2.31. The van der Waals surface area contributed by atoms with Crippen LogP contribution < -0.4 is 14.8 Å². The minimum Gasteiger partial charge on any atom is -0.489 e. The van der Waals surface area contributed by atoms with Crippen LogP contribution in [0.4, 0.5) is 4.39 Å². The van der Waals surface area contributed by atoms with Crippen LogP contribution in [-0.4, -0.2) is 32.3 Å². The molecule has 1 N–H and O–H groups in total. The van der Waals surface area contributed by atoms with Gasteiger partial charge in [0, 0.05) is 26.2 Å². The molecule has 0 radical (unpaired) electrons. The van der Waals surface area contributed by atoms with E-state index in [2.05, 4.69) is 5.32 Å². The standard InChI is InChI=1S/C22H23ClFNO4/c23-18-11-15(12-19-20(18)29-8-2-7-28-19)14-25-21(26)22(5-9-27-10-6-22)16-3-1-4-17(24)13-16/h1,3-4,11-13H,2,5-10,14H2,(H,25,26). The topological polar surface area (TPSA) is 56.8 Å². The molecular weight excluding hydrogens is 397 g/mol. The average Bonchev–Trinajstić information content (AvgIpc) is 2.98. The molecule has 1 saturated heterocycles. The number of halogens is 2. The maximum atomic E-state index is 13.8. The van der Waals surface area contributed by atoms with Gasteiger partial charge in [-0.15, -0.1) is 0 Å². The van der Waals surface area contributed by atoms with Gasteiger partial charge in [-0.05, 0) is 48.2 Å². The van der Waals surface area contributed by atoms with E-state index in [1.807, 2.05) is 6.07 Å². The molecule has 0 aliphatic carbocycles. The van der Waals surface area contributed by atoms with E-state index in [4.69, 9.17) is 25.8 Å². The minimum atomic E-state index is -0.810. The highest BCUT2D eigenvalue weighted by molar-refractivity contribution is 6.32. The quantitative estimate of drug-likeness (QED) is 0.813. The van der Waals surface area contributed by atoms with Crippen molar-refractivity contribution in [1.29, 1.82) is 0 Å². The molecule has 0 spiro atoms. The lowest BCUT2D eigenvalue weighted by molar-refractivity contribution is -0.130. The van der Waals surface area contributed by atoms with Crippen LogP contribution in [0.2, 0.25) is 5.02 Å². The molecule has 0 atom stereocenters. The molecular formula is C22H23ClFNO4. The first-order valence-electron chi connectivity index (χ1n) is 9.79. The summed E-state index contributed by atoms with van der Waals surface area (Å²) in [6, 6.07) is 9.88. The van der Waals surface area contributed by atoms with Gasteiger partial charge in [-0.1, -0.05) is 23.7 Å². The van der Waals surface area contributed by atoms with Gasteiger partial charge in [0.25, 0.3) is 0 Å². The van der Waals surface area contributed by atoms with Crippen molar-refractivity contribution in [3.63, 3.8) is 0 Å². The van der Waals surface area contributed by atoms with Gasteiger partial charge >= 0.3 is 0 Å². The fraction of sp³-hybridized carbons (Fsp3) is 0.409. The van der Waals surface area contributed by atoms with Crippen LogP contribution >= 0.6 is 11.6 Å². The number of carbonyl (C=O) groups excluding carboxylic acids is 1. The van der Waals surface area contributed by atoms with Crippen LogP contribution in [0.1, 0.15) is 30.4 Å². The second kappa shape index (κ2) is 8.59. The summed E-state index contributed by atoms with van der Waals surface area (Å²) < 4.78 is 30.7. The summed E-state index contributed by atoms with van der Waals surface area (Å²) >= 11 is 6.35. The van der Waals surface area contributed by atoms with E-state index in [1.165, 1.54) is 12.1 Å². The van der Waals surface area contributed by atoms with Crippen molar-refractivity contribution >= 4 is 17.5 Å². The Labute approximate surface area is 174 Å². The Morgan fingerprint density at radius 2 is 1.90 bits per heavy atom. The Bertz CT molecular complexity index is 898. The van der Waals surface area contributed by atoms with E-state index in [-0.39, 0.29) is 18.3 Å². The summed E-state index contributed by atoms with van der Waals surface area (Å²) in [6.07, 6.45) is 1.80. The molecule has 0 unspecified atom stereocenters. The molecule has 154 valence electrons. The zero-order valence-corrected chi connectivity index (χ0v) is 16.8. The van der Waals surface area contributed by atoms with Crippen molar-refractivity contribution in [2.45, 2.75) is 31.2 Å². The van der Waals surface area contributed by atoms with Gasteiger partial charge in [0.2, 0.25) is 5.91 Å². The van der Waals surface area contributed by atoms with E-state index in [0.29, 0.717) is 61.4 Å². The number of hydrogen-bond donors (Lipinski definition) is 1. The van der Waals surface area contributed by atoms with Gasteiger partial charge in [-0.3, -0.25) is 4.79 Å². The van der Waals surface area contributed by atoms with E-state index < -0.39 is 5.41 Å². The monoisotopic (exact) mass is 419 g/mol. The minimum absolute atomic E-state index is 0.144. The van der Waals surface area contributed by atoms with E-state index in [9.17, 15) is 9.18 Å². The van der Waals surface area contributed by atoms with E-state index in [0.717, 1.165) is 12.0 Å². The Morgan fingerprint density at radius 3 is 2.69 bits per heavy atom. The first-order chi connectivity index (χ1) is 14.1. The molecule has 5 nitrogen and oxygen atoms in total. The number of ether oxygens (including phenoxy) is 3. The van der Waals surface area contributed by atoms with E-state index in [1.54, 1.807) is 18.2 Å². The second-order valence-corrected chi connectivity index (χ2v) is 7.75. The lowest BCUT2D eigenvalue weighted by Crippen LogP contribution is -2.47. The summed E-state index contributed by atoms with van der Waals surface area (Å²) in [6.45, 7) is 2.32. The molecule has 2 aromatic rings. The van der Waals surface area contributed by atoms with Crippen molar-refractivity contribution in [1.82, 2.24) is 5.32 Å². The van der Waals surface area contributed by atoms with Gasteiger partial charge in [0.1, 0.15) is 5.82 Å². The van der Waals surface area contributed by atoms with Gasteiger partial charge in [-0.2, -0.15) is 0 Å². The third-order valence-electron chi connectivity index (χ3n) is 5.47. The molecule has 4 rings (SSSR count). The van der Waals surface area contributed by atoms with Gasteiger partial charge in [0.05, 0.1) is 23.7 Å². The lowest BCUT2D eigenvalue weighted by atomic mass is 9.73. The van der Waals surface area contributed by atoms with Crippen LogP contribution in [0.25, 0.3) is 0 Å². The van der Waals surface area contributed by atoms with Crippen molar-refractivity contribution < 1.29 is 23.4 Å². The summed E-state index contributed by atoms with van der Waals surface area (Å²) in [5, 5.41) is 3.46. The number of nitrogens with one attached hydrogen (secondary N) is 1. The number of hydrogen-bond acceptors (Lipinski definition) is 4. The lowest BCUT2D eigenvalue weighted by Gasteiger charge is -2.36. The SMILES string of the molecule is O=C(NCc1cc(Cl)c2c(c1)OCCCO2)C1(c2cccc(F)c2)CCOCC1. The van der Waals surface area contributed by atoms with E-state index >= 15 is 0 Å². The fourth-order valence-electron chi connectivity index (χ4n) is 3.89. The predicted molar refractivity (Wildman–Crippen MR) is 107 cm³/mol. The average molecular weight is 420 g/mol. The van der Waals surface area contributed by atoms with Crippen molar-refractivity contribution in [2.75, 3.05) is 26.4 Å². The van der Waals surface area contributed by atoms with Crippen LogP contribution in [0.3, 0.4) is 0 Å². The Balaban J connectivity index is 1.54. The molecule has 0 saturated carbocycles. The van der Waals surface area contributed by atoms with Gasteiger partial charge in [0.15, 0.2) is 11.5 Å². The Morgan fingerprint density at radius 1 is 1.10 bits per heavy atom. The van der Waals surface area contributed by atoms with Crippen LogP contribution in [-0.2, 0) is 21.5 Å². The summed E-state index contributed by atoms with van der Waals surface area (Å²) in [5.74, 6) is 0.635. The maximum absolute atomic E-state index is 13.8. The van der Waals surface area contributed by atoms with Crippen molar-refractivity contribution in [3.05, 3.63) is 58.4 Å². The number of benzene rings is 2. The largest absolute Gasteiger partial charge is 0.489 e. The molecule has 1 fully saturated rings. The highest BCUT2D eigenvalue weighted by atomic mass is 35.5. The van der Waals surface area contributed by atoms with Crippen LogP contribution in [0.5, 0.6) is 11.5 Å². The first kappa shape index (κ1) is 20.0. The molecule has 7 heteroatoms. The smallest absolute Gasteiger partial charge is 0.231 e. The number of rotatable bonds is 4. The van der Waals surface area contributed by atoms with Gasteiger partial charge < -0.3 is 19.5 Å². The molecule has 2 heterocycles. The highest BCUT2D eigenvalue weighted by Crippen LogP contribution is 2.39. The zero-order chi connectivity index (χ0) is 20.3. The fourth-order valence-corrected chi connectivity index (χ4v) is 4.18. The highest BCUT2D eigenvalue weighted by Gasteiger charge is 2.41. The van der Waals surface area contributed by atoms with Crippen LogP contribution in [0, 0.1) is 5.82 Å². The summed E-state index contributed by atoms with van der Waals surface area (Å²) in [7, 11) is 0. The normalized spacial score (nSPS) is 18.0. The number of carbonyl (C=O) groups is 1. The molecule has 1 amide bonds. The molecule has 0 aromatic heterocycles.